The van der Waals surface area contributed by atoms with Crippen LogP contribution in [0.2, 0.25) is 0 Å². The summed E-state index contributed by atoms with van der Waals surface area (Å²) in [4.78, 5) is 46.0. The Balaban J connectivity index is 1.60. The summed E-state index contributed by atoms with van der Waals surface area (Å²) in [7, 11) is 0. The molecule has 2 aromatic carbocycles. The van der Waals surface area contributed by atoms with Crippen LogP contribution in [-0.4, -0.2) is 65.3 Å². The Hall–Kier alpha value is -3.75. The van der Waals surface area contributed by atoms with E-state index in [1.54, 1.807) is 17.1 Å². The van der Waals surface area contributed by atoms with Crippen LogP contribution in [0.15, 0.2) is 73.8 Å². The topological polar surface area (TPSA) is 96.4 Å². The number of nitrogens with zero attached hydrogens (tertiary/aromatic N) is 2. The number of amides is 2. The van der Waals surface area contributed by atoms with Gasteiger partial charge >= 0.3 is 5.97 Å². The first-order valence-corrected chi connectivity index (χ1v) is 14.7. The van der Waals surface area contributed by atoms with Crippen LogP contribution >= 0.6 is 0 Å². The predicted octanol–water partition coefficient (Wildman–Crippen LogP) is 4.44. The number of rotatable bonds is 12. The zero-order valence-electron chi connectivity index (χ0n) is 24.4. The SMILES string of the molecule is C=CCCCOC(=O)[C@@H]1[C@H]2C(=O)N([C@H](CO)c3ccccc3)C(C(=O)N(CC=C)c3cc(C)ccc3C)C23CC[C@H]1O3. The van der Waals surface area contributed by atoms with Gasteiger partial charge in [0.15, 0.2) is 0 Å². The molecule has 0 aromatic heterocycles. The number of aryl methyl sites for hydroxylation is 2. The lowest BCUT2D eigenvalue weighted by molar-refractivity contribution is -0.156. The van der Waals surface area contributed by atoms with Crippen molar-refractivity contribution in [3.8, 4) is 0 Å². The second kappa shape index (κ2) is 12.2. The van der Waals surface area contributed by atoms with E-state index in [9.17, 15) is 19.5 Å². The number of unbranched alkanes of at least 4 members (excludes halogenated alkanes) is 1. The molecule has 2 amide bonds. The molecule has 5 rings (SSSR count). The number of anilines is 1. The Labute approximate surface area is 247 Å². The van der Waals surface area contributed by atoms with Gasteiger partial charge in [-0.05, 0) is 62.3 Å². The summed E-state index contributed by atoms with van der Waals surface area (Å²) in [5.41, 5.74) is 2.09. The van der Waals surface area contributed by atoms with Crippen LogP contribution in [0, 0.1) is 25.7 Å². The molecular weight excluding hydrogens is 532 g/mol. The van der Waals surface area contributed by atoms with Gasteiger partial charge in [0.1, 0.15) is 11.6 Å². The molecule has 6 atom stereocenters. The largest absolute Gasteiger partial charge is 0.465 e. The number of benzene rings is 2. The minimum atomic E-state index is -1.22. The smallest absolute Gasteiger partial charge is 0.312 e. The molecule has 222 valence electrons. The number of carbonyl (C=O) groups is 3. The highest BCUT2D eigenvalue weighted by Gasteiger charge is 2.75. The second-order valence-electron chi connectivity index (χ2n) is 11.5. The highest BCUT2D eigenvalue weighted by molar-refractivity contribution is 6.05. The van der Waals surface area contributed by atoms with Gasteiger partial charge in [-0.15, -0.1) is 13.2 Å². The molecule has 1 N–H and O–H groups in total. The fraction of sp³-hybridized carbons (Fsp3) is 0.441. The number of aliphatic hydroxyl groups excluding tert-OH is 1. The van der Waals surface area contributed by atoms with Crippen molar-refractivity contribution in [3.05, 3.63) is 90.5 Å². The maximum atomic E-state index is 14.8. The number of hydrogen-bond acceptors (Lipinski definition) is 6. The number of fused-ring (bicyclic) bond motifs is 1. The van der Waals surface area contributed by atoms with Crippen LogP contribution in [0.3, 0.4) is 0 Å². The first kappa shape index (κ1) is 29.7. The third-order valence-corrected chi connectivity index (χ3v) is 8.97. The molecule has 3 heterocycles. The van der Waals surface area contributed by atoms with Gasteiger partial charge in [-0.2, -0.15) is 0 Å². The van der Waals surface area contributed by atoms with Gasteiger partial charge in [0.25, 0.3) is 5.91 Å². The summed E-state index contributed by atoms with van der Waals surface area (Å²) in [5.74, 6) is -2.88. The van der Waals surface area contributed by atoms with Gasteiger partial charge in [-0.1, -0.05) is 54.6 Å². The first-order valence-electron chi connectivity index (χ1n) is 14.7. The lowest BCUT2D eigenvalue weighted by atomic mass is 9.70. The Kier molecular flexibility index (Phi) is 8.66. The zero-order chi connectivity index (χ0) is 30.0. The lowest BCUT2D eigenvalue weighted by Gasteiger charge is -2.39. The summed E-state index contributed by atoms with van der Waals surface area (Å²) < 4.78 is 12.2. The van der Waals surface area contributed by atoms with E-state index in [-0.39, 0.29) is 25.0 Å². The van der Waals surface area contributed by atoms with Crippen molar-refractivity contribution in [2.45, 2.75) is 63.3 Å². The van der Waals surface area contributed by atoms with E-state index in [1.807, 2.05) is 62.4 Å². The van der Waals surface area contributed by atoms with E-state index >= 15 is 0 Å². The van der Waals surface area contributed by atoms with Gasteiger partial charge in [-0.25, -0.2) is 0 Å². The molecule has 0 radical (unpaired) electrons. The monoisotopic (exact) mass is 572 g/mol. The standard InChI is InChI=1S/C34H40N2O6/c1-5-7-11-19-41-33(40)28-27-16-17-34(42-27)29(28)31(38)36(26(21-37)24-12-9-8-10-13-24)30(34)32(39)35(18-6-2)25-20-22(3)14-15-23(25)4/h5-6,8-10,12-15,20,26-30,37H,1-2,7,11,16-19,21H2,3-4H3/t26-,27-,28+,29+,30?,34?/m1/s1. The van der Waals surface area contributed by atoms with Crippen LogP contribution in [0.5, 0.6) is 0 Å². The summed E-state index contributed by atoms with van der Waals surface area (Å²) >= 11 is 0. The third-order valence-electron chi connectivity index (χ3n) is 8.97. The van der Waals surface area contributed by atoms with Crippen molar-refractivity contribution in [3.63, 3.8) is 0 Å². The van der Waals surface area contributed by atoms with Crippen molar-refractivity contribution >= 4 is 23.5 Å². The molecule has 0 saturated carbocycles. The van der Waals surface area contributed by atoms with Crippen LogP contribution < -0.4 is 4.90 Å². The van der Waals surface area contributed by atoms with E-state index in [0.717, 1.165) is 16.8 Å². The average Bonchev–Trinajstić information content (AvgIpc) is 3.64. The molecular formula is C34H40N2O6. The maximum Gasteiger partial charge on any atom is 0.312 e. The minimum Gasteiger partial charge on any atom is -0.465 e. The Morgan fingerprint density at radius 2 is 1.95 bits per heavy atom. The second-order valence-corrected chi connectivity index (χ2v) is 11.5. The molecule has 2 unspecified atom stereocenters. The Morgan fingerprint density at radius 3 is 2.64 bits per heavy atom. The van der Waals surface area contributed by atoms with E-state index < -0.39 is 48.2 Å². The number of ether oxygens (including phenoxy) is 2. The van der Waals surface area contributed by atoms with Crippen LogP contribution in [-0.2, 0) is 23.9 Å². The Morgan fingerprint density at radius 1 is 1.19 bits per heavy atom. The fourth-order valence-corrected chi connectivity index (χ4v) is 7.09. The van der Waals surface area contributed by atoms with E-state index in [0.29, 0.717) is 31.2 Å². The number of allylic oxidation sites excluding steroid dienone is 1. The van der Waals surface area contributed by atoms with Gasteiger partial charge in [0.2, 0.25) is 5.91 Å². The van der Waals surface area contributed by atoms with E-state index in [1.165, 1.54) is 4.90 Å². The molecule has 2 aromatic rings. The average molecular weight is 573 g/mol. The van der Waals surface area contributed by atoms with Crippen molar-refractivity contribution in [2.24, 2.45) is 11.8 Å². The van der Waals surface area contributed by atoms with Crippen molar-refractivity contribution in [1.29, 1.82) is 0 Å². The van der Waals surface area contributed by atoms with Crippen molar-refractivity contribution in [2.75, 3.05) is 24.7 Å². The quantitative estimate of drug-likeness (QED) is 0.230. The molecule has 1 spiro atoms. The van der Waals surface area contributed by atoms with Gasteiger partial charge < -0.3 is 24.4 Å². The fourth-order valence-electron chi connectivity index (χ4n) is 7.09. The van der Waals surface area contributed by atoms with Crippen LogP contribution in [0.25, 0.3) is 0 Å². The lowest BCUT2D eigenvalue weighted by Crippen LogP contribution is -2.57. The van der Waals surface area contributed by atoms with Crippen LogP contribution in [0.4, 0.5) is 5.69 Å². The molecule has 2 bridgehead atoms. The van der Waals surface area contributed by atoms with Gasteiger partial charge in [0, 0.05) is 12.2 Å². The van der Waals surface area contributed by atoms with Crippen LogP contribution in [0.1, 0.15) is 48.4 Å². The molecule has 0 aliphatic carbocycles. The van der Waals surface area contributed by atoms with E-state index in [4.69, 9.17) is 9.47 Å². The number of aliphatic hydroxyl groups is 1. The number of carbonyl (C=O) groups excluding carboxylic acids is 3. The maximum absolute atomic E-state index is 14.8. The summed E-state index contributed by atoms with van der Waals surface area (Å²) in [6, 6.07) is 13.2. The highest BCUT2D eigenvalue weighted by atomic mass is 16.6. The minimum absolute atomic E-state index is 0.218. The molecule has 8 heteroatoms. The number of esters is 1. The highest BCUT2D eigenvalue weighted by Crippen LogP contribution is 2.60. The normalized spacial score (nSPS) is 26.5. The van der Waals surface area contributed by atoms with Crippen molar-refractivity contribution in [1.82, 2.24) is 4.90 Å². The molecule has 3 saturated heterocycles. The third kappa shape index (κ3) is 4.96. The van der Waals surface area contributed by atoms with Gasteiger partial charge in [-0.3, -0.25) is 14.4 Å². The summed E-state index contributed by atoms with van der Waals surface area (Å²) in [6.45, 7) is 11.5. The molecule has 3 fully saturated rings. The molecule has 3 aliphatic rings. The molecule has 42 heavy (non-hydrogen) atoms. The summed E-state index contributed by atoms with van der Waals surface area (Å²) in [5, 5.41) is 10.7. The zero-order valence-corrected chi connectivity index (χ0v) is 24.4. The first-order chi connectivity index (χ1) is 20.3. The number of hydrogen-bond donors (Lipinski definition) is 1. The molecule has 8 nitrogen and oxygen atoms in total. The molecule has 3 aliphatic heterocycles. The number of likely N-dealkylation sites (tertiary alicyclic amines) is 1. The predicted molar refractivity (Wildman–Crippen MR) is 160 cm³/mol. The summed E-state index contributed by atoms with van der Waals surface area (Å²) in [6.07, 6.45) is 5.24. The van der Waals surface area contributed by atoms with E-state index in [2.05, 4.69) is 13.2 Å². The van der Waals surface area contributed by atoms with Gasteiger partial charge in [0.05, 0.1) is 37.2 Å². The van der Waals surface area contributed by atoms with Crippen molar-refractivity contribution < 1.29 is 29.0 Å². The Bertz CT molecular complexity index is 1360.